The minimum absolute atomic E-state index is 0.139. The Bertz CT molecular complexity index is 1200. The molecule has 6 nitrogen and oxygen atoms in total. The van der Waals surface area contributed by atoms with Crippen molar-refractivity contribution in [2.24, 2.45) is 0 Å². The molecule has 0 atom stereocenters. The maximum atomic E-state index is 12.7. The summed E-state index contributed by atoms with van der Waals surface area (Å²) in [4.78, 5) is 17.0. The SMILES string of the molecule is O=C(NCc1ccc(S(=O)(=O)N2CCCC2)s1)c1ccc2[nH]c3c(c2c1)CCCC3. The largest absolute Gasteiger partial charge is 0.358 e. The summed E-state index contributed by atoms with van der Waals surface area (Å²) in [6.45, 7) is 1.51. The van der Waals surface area contributed by atoms with Crippen LogP contribution in [0.5, 0.6) is 0 Å². The average Bonchev–Trinajstić information content (AvgIpc) is 3.51. The van der Waals surface area contributed by atoms with E-state index in [2.05, 4.69) is 10.3 Å². The zero-order chi connectivity index (χ0) is 20.7. The van der Waals surface area contributed by atoms with E-state index in [9.17, 15) is 13.2 Å². The van der Waals surface area contributed by atoms with Gasteiger partial charge in [-0.05, 0) is 74.4 Å². The smallest absolute Gasteiger partial charge is 0.252 e. The number of hydrogen-bond acceptors (Lipinski definition) is 4. The van der Waals surface area contributed by atoms with Gasteiger partial charge < -0.3 is 10.3 Å². The van der Waals surface area contributed by atoms with E-state index in [1.54, 1.807) is 16.4 Å². The highest BCUT2D eigenvalue weighted by Gasteiger charge is 2.28. The van der Waals surface area contributed by atoms with Gasteiger partial charge in [0.15, 0.2) is 0 Å². The molecule has 1 amide bonds. The quantitative estimate of drug-likeness (QED) is 0.629. The number of fused-ring (bicyclic) bond motifs is 3. The summed E-state index contributed by atoms with van der Waals surface area (Å²) in [6, 6.07) is 9.24. The highest BCUT2D eigenvalue weighted by atomic mass is 32.2. The Morgan fingerprint density at radius 3 is 2.70 bits per heavy atom. The number of H-pyrrole nitrogens is 1. The van der Waals surface area contributed by atoms with E-state index in [-0.39, 0.29) is 5.91 Å². The Balaban J connectivity index is 1.29. The summed E-state index contributed by atoms with van der Waals surface area (Å²) in [5.74, 6) is -0.139. The molecule has 0 bridgehead atoms. The van der Waals surface area contributed by atoms with Crippen LogP contribution in [0.2, 0.25) is 0 Å². The zero-order valence-electron chi connectivity index (χ0n) is 16.7. The maximum Gasteiger partial charge on any atom is 0.252 e. The number of thiophene rings is 1. The standard InChI is InChI=1S/C22H25N3O3S2/c26-22(15-7-9-20-18(13-15)17-5-1-2-6-19(17)24-20)23-14-16-8-10-21(29-16)30(27,28)25-11-3-4-12-25/h7-10,13,24H,1-6,11-12,14H2,(H,23,26). The minimum Gasteiger partial charge on any atom is -0.358 e. The number of aromatic nitrogens is 1. The number of nitrogens with one attached hydrogen (secondary N) is 2. The Morgan fingerprint density at radius 1 is 1.07 bits per heavy atom. The Labute approximate surface area is 180 Å². The topological polar surface area (TPSA) is 82.3 Å². The molecule has 0 spiro atoms. The summed E-state index contributed by atoms with van der Waals surface area (Å²) in [6.07, 6.45) is 6.38. The fourth-order valence-electron chi connectivity index (χ4n) is 4.46. The van der Waals surface area contributed by atoms with Crippen LogP contribution in [0, 0.1) is 0 Å². The van der Waals surface area contributed by atoms with Gasteiger partial charge in [0, 0.05) is 40.1 Å². The van der Waals surface area contributed by atoms with Crippen molar-refractivity contribution in [3.05, 3.63) is 52.0 Å². The van der Waals surface area contributed by atoms with Crippen LogP contribution in [-0.2, 0) is 29.4 Å². The third-order valence-electron chi connectivity index (χ3n) is 6.08. The first-order valence-corrected chi connectivity index (χ1v) is 12.8. The molecular formula is C22H25N3O3S2. The van der Waals surface area contributed by atoms with Crippen LogP contribution in [0.1, 0.15) is 52.2 Å². The van der Waals surface area contributed by atoms with Gasteiger partial charge in [-0.15, -0.1) is 11.3 Å². The zero-order valence-corrected chi connectivity index (χ0v) is 18.4. The van der Waals surface area contributed by atoms with Crippen LogP contribution in [0.15, 0.2) is 34.5 Å². The van der Waals surface area contributed by atoms with Crippen LogP contribution >= 0.6 is 11.3 Å². The van der Waals surface area contributed by atoms with Crippen molar-refractivity contribution in [3.8, 4) is 0 Å². The highest BCUT2D eigenvalue weighted by molar-refractivity contribution is 7.91. The van der Waals surface area contributed by atoms with Crippen molar-refractivity contribution in [2.45, 2.75) is 49.3 Å². The van der Waals surface area contributed by atoms with E-state index in [0.717, 1.165) is 41.5 Å². The lowest BCUT2D eigenvalue weighted by molar-refractivity contribution is 0.0951. The molecule has 2 aliphatic rings. The first-order valence-electron chi connectivity index (χ1n) is 10.5. The first kappa shape index (κ1) is 19.8. The van der Waals surface area contributed by atoms with Crippen molar-refractivity contribution in [1.82, 2.24) is 14.6 Å². The van der Waals surface area contributed by atoms with E-state index >= 15 is 0 Å². The number of carbonyl (C=O) groups excluding carboxylic acids is 1. The van der Waals surface area contributed by atoms with Gasteiger partial charge in [0.1, 0.15) is 4.21 Å². The van der Waals surface area contributed by atoms with Crippen molar-refractivity contribution in [3.63, 3.8) is 0 Å². The van der Waals surface area contributed by atoms with Gasteiger partial charge in [0.2, 0.25) is 0 Å². The normalized spacial score (nSPS) is 17.3. The molecule has 1 saturated heterocycles. The van der Waals surface area contributed by atoms with Crippen LogP contribution in [0.4, 0.5) is 0 Å². The van der Waals surface area contributed by atoms with Crippen LogP contribution in [0.3, 0.4) is 0 Å². The van der Waals surface area contributed by atoms with E-state index in [1.807, 2.05) is 18.2 Å². The predicted octanol–water partition coefficient (Wildman–Crippen LogP) is 3.82. The monoisotopic (exact) mass is 443 g/mol. The molecule has 1 aliphatic carbocycles. The number of aryl methyl sites for hydroxylation is 2. The van der Waals surface area contributed by atoms with E-state index < -0.39 is 10.0 Å². The number of nitrogens with zero attached hydrogens (tertiary/aromatic N) is 1. The fraction of sp³-hybridized carbons (Fsp3) is 0.409. The van der Waals surface area contributed by atoms with Crippen LogP contribution < -0.4 is 5.32 Å². The number of aromatic amines is 1. The van der Waals surface area contributed by atoms with Crippen molar-refractivity contribution < 1.29 is 13.2 Å². The van der Waals surface area contributed by atoms with E-state index in [0.29, 0.717) is 29.4 Å². The molecule has 30 heavy (non-hydrogen) atoms. The summed E-state index contributed by atoms with van der Waals surface area (Å²) >= 11 is 1.24. The second-order valence-corrected chi connectivity index (χ2v) is 11.4. The van der Waals surface area contributed by atoms with E-state index in [1.165, 1.54) is 35.4 Å². The summed E-state index contributed by atoms with van der Waals surface area (Å²) in [7, 11) is -3.40. The van der Waals surface area contributed by atoms with Crippen LogP contribution in [0.25, 0.3) is 10.9 Å². The van der Waals surface area contributed by atoms with E-state index in [4.69, 9.17) is 0 Å². The molecule has 0 unspecified atom stereocenters. The number of benzene rings is 1. The molecule has 2 N–H and O–H groups in total. The summed E-state index contributed by atoms with van der Waals surface area (Å²) in [5.41, 5.74) is 4.38. The molecular weight excluding hydrogens is 418 g/mol. The lowest BCUT2D eigenvalue weighted by Gasteiger charge is -2.13. The molecule has 0 radical (unpaired) electrons. The summed E-state index contributed by atoms with van der Waals surface area (Å²) in [5, 5.41) is 4.09. The highest BCUT2D eigenvalue weighted by Crippen LogP contribution is 2.30. The molecule has 5 rings (SSSR count). The number of carbonyl (C=O) groups is 1. The molecule has 0 saturated carbocycles. The van der Waals surface area contributed by atoms with Crippen molar-refractivity contribution >= 4 is 38.2 Å². The third-order valence-corrected chi connectivity index (χ3v) is 9.53. The average molecular weight is 444 g/mol. The van der Waals surface area contributed by atoms with Gasteiger partial charge in [-0.2, -0.15) is 4.31 Å². The lowest BCUT2D eigenvalue weighted by atomic mass is 9.95. The second-order valence-electron chi connectivity index (χ2n) is 8.06. The second kappa shape index (κ2) is 7.83. The Kier molecular flexibility index (Phi) is 5.16. The number of amides is 1. The number of hydrogen-bond donors (Lipinski definition) is 2. The molecule has 1 aliphatic heterocycles. The maximum absolute atomic E-state index is 12.7. The molecule has 1 aromatic carbocycles. The molecule has 1 fully saturated rings. The minimum atomic E-state index is -3.40. The van der Waals surface area contributed by atoms with Crippen LogP contribution in [-0.4, -0.2) is 36.7 Å². The third kappa shape index (κ3) is 3.57. The van der Waals surface area contributed by atoms with Gasteiger partial charge in [0.25, 0.3) is 15.9 Å². The fourth-order valence-corrected chi connectivity index (χ4v) is 7.43. The van der Waals surface area contributed by atoms with Gasteiger partial charge in [-0.1, -0.05) is 0 Å². The van der Waals surface area contributed by atoms with Gasteiger partial charge in [0.05, 0.1) is 6.54 Å². The summed E-state index contributed by atoms with van der Waals surface area (Å²) < 4.78 is 27.2. The number of rotatable bonds is 5. The Morgan fingerprint density at radius 2 is 1.87 bits per heavy atom. The van der Waals surface area contributed by atoms with Gasteiger partial charge >= 0.3 is 0 Å². The predicted molar refractivity (Wildman–Crippen MR) is 118 cm³/mol. The molecule has 2 aromatic heterocycles. The lowest BCUT2D eigenvalue weighted by Crippen LogP contribution is -2.27. The van der Waals surface area contributed by atoms with Gasteiger partial charge in [-0.3, -0.25) is 4.79 Å². The molecule has 158 valence electrons. The molecule has 3 aromatic rings. The number of sulfonamides is 1. The molecule has 8 heteroatoms. The van der Waals surface area contributed by atoms with Crippen molar-refractivity contribution in [2.75, 3.05) is 13.1 Å². The van der Waals surface area contributed by atoms with Gasteiger partial charge in [-0.25, -0.2) is 8.42 Å². The Hall–Kier alpha value is -2.16. The van der Waals surface area contributed by atoms with Crippen molar-refractivity contribution in [1.29, 1.82) is 0 Å². The molecule has 3 heterocycles. The first-order chi connectivity index (χ1) is 14.5.